The van der Waals surface area contributed by atoms with E-state index in [-0.39, 0.29) is 0 Å². The summed E-state index contributed by atoms with van der Waals surface area (Å²) in [6.45, 7) is 3.15. The summed E-state index contributed by atoms with van der Waals surface area (Å²) in [6.07, 6.45) is 6.02. The maximum absolute atomic E-state index is 4.24. The van der Waals surface area contributed by atoms with Gasteiger partial charge in [-0.2, -0.15) is 5.10 Å². The third-order valence-corrected chi connectivity index (χ3v) is 4.07. The normalized spacial score (nSPS) is 12.2. The quantitative estimate of drug-likeness (QED) is 0.715. The van der Waals surface area contributed by atoms with Gasteiger partial charge in [-0.15, -0.1) is 0 Å². The molecule has 3 heteroatoms. The first kappa shape index (κ1) is 15.5. The molecule has 23 heavy (non-hydrogen) atoms. The highest BCUT2D eigenvalue weighted by Gasteiger charge is 2.03. The summed E-state index contributed by atoms with van der Waals surface area (Å²) in [6, 6.07) is 21.6. The maximum Gasteiger partial charge on any atom is 0.0645 e. The zero-order valence-electron chi connectivity index (χ0n) is 13.5. The summed E-state index contributed by atoms with van der Waals surface area (Å²) < 4.78 is 1.87. The third-order valence-electron chi connectivity index (χ3n) is 4.07. The molecule has 0 aliphatic rings. The zero-order chi connectivity index (χ0) is 15.9. The fourth-order valence-corrected chi connectivity index (χ4v) is 2.61. The minimum atomic E-state index is 0.501. The van der Waals surface area contributed by atoms with Crippen LogP contribution in [0.4, 0.5) is 0 Å². The van der Waals surface area contributed by atoms with Crippen molar-refractivity contribution >= 4 is 0 Å². The molecule has 0 amide bonds. The minimum absolute atomic E-state index is 0.501. The van der Waals surface area contributed by atoms with Crippen LogP contribution in [-0.2, 0) is 13.0 Å². The molecule has 0 saturated heterocycles. The van der Waals surface area contributed by atoms with Crippen LogP contribution >= 0.6 is 0 Å². The van der Waals surface area contributed by atoms with E-state index in [0.717, 1.165) is 25.1 Å². The smallest absolute Gasteiger partial charge is 0.0645 e. The zero-order valence-corrected chi connectivity index (χ0v) is 13.5. The first-order valence-corrected chi connectivity index (χ1v) is 8.17. The van der Waals surface area contributed by atoms with Crippen LogP contribution in [0.1, 0.15) is 24.5 Å². The van der Waals surface area contributed by atoms with Crippen LogP contribution < -0.4 is 5.32 Å². The molecule has 0 aliphatic carbocycles. The summed E-state index contributed by atoms with van der Waals surface area (Å²) >= 11 is 0. The fraction of sp³-hybridized carbons (Fsp3) is 0.250. The lowest BCUT2D eigenvalue weighted by molar-refractivity contribution is 0.514. The Morgan fingerprint density at radius 1 is 0.957 bits per heavy atom. The molecule has 3 rings (SSSR count). The Morgan fingerprint density at radius 2 is 1.74 bits per heavy atom. The van der Waals surface area contributed by atoms with Crippen molar-refractivity contribution in [3.05, 3.63) is 84.2 Å². The molecule has 2 aromatic carbocycles. The minimum Gasteiger partial charge on any atom is -0.310 e. The molecular formula is C20H23N3. The molecule has 0 fully saturated rings. The first-order valence-electron chi connectivity index (χ1n) is 8.17. The van der Waals surface area contributed by atoms with Gasteiger partial charge in [-0.1, -0.05) is 42.5 Å². The largest absolute Gasteiger partial charge is 0.310 e. The van der Waals surface area contributed by atoms with E-state index in [0.29, 0.717) is 6.04 Å². The number of rotatable bonds is 7. The summed E-state index contributed by atoms with van der Waals surface area (Å²) in [5.74, 6) is 0. The Hall–Kier alpha value is -2.39. The fourth-order valence-electron chi connectivity index (χ4n) is 2.61. The molecule has 3 nitrogen and oxygen atoms in total. The Labute approximate surface area is 138 Å². The lowest BCUT2D eigenvalue weighted by Crippen LogP contribution is -2.25. The summed E-state index contributed by atoms with van der Waals surface area (Å²) in [4.78, 5) is 0. The van der Waals surface area contributed by atoms with Gasteiger partial charge in [0.2, 0.25) is 0 Å². The summed E-state index contributed by atoms with van der Waals surface area (Å²) in [5, 5.41) is 7.85. The molecule has 1 heterocycles. The number of aromatic nitrogens is 2. The second kappa shape index (κ2) is 7.75. The number of hydrogen-bond donors (Lipinski definition) is 1. The van der Waals surface area contributed by atoms with Crippen LogP contribution in [0.2, 0.25) is 0 Å². The van der Waals surface area contributed by atoms with Crippen molar-refractivity contribution in [3.8, 4) is 5.69 Å². The second-order valence-corrected chi connectivity index (χ2v) is 5.92. The van der Waals surface area contributed by atoms with E-state index in [1.54, 1.807) is 6.20 Å². The summed E-state index contributed by atoms with van der Waals surface area (Å²) in [5.41, 5.74) is 3.80. The topological polar surface area (TPSA) is 29.9 Å². The van der Waals surface area contributed by atoms with Crippen LogP contribution in [0.15, 0.2) is 73.1 Å². The van der Waals surface area contributed by atoms with E-state index < -0.39 is 0 Å². The van der Waals surface area contributed by atoms with Gasteiger partial charge in [0.05, 0.1) is 5.69 Å². The van der Waals surface area contributed by atoms with Gasteiger partial charge in [0.15, 0.2) is 0 Å². The maximum atomic E-state index is 4.24. The van der Waals surface area contributed by atoms with Crippen LogP contribution in [0.3, 0.4) is 0 Å². The van der Waals surface area contributed by atoms with Gasteiger partial charge >= 0.3 is 0 Å². The highest BCUT2D eigenvalue weighted by atomic mass is 15.3. The van der Waals surface area contributed by atoms with Gasteiger partial charge in [-0.05, 0) is 49.1 Å². The predicted molar refractivity (Wildman–Crippen MR) is 94.6 cm³/mol. The van der Waals surface area contributed by atoms with Crippen molar-refractivity contribution in [2.45, 2.75) is 32.4 Å². The van der Waals surface area contributed by atoms with Crippen molar-refractivity contribution in [2.24, 2.45) is 0 Å². The van der Waals surface area contributed by atoms with Crippen molar-refractivity contribution in [3.63, 3.8) is 0 Å². The molecule has 118 valence electrons. The molecule has 0 spiro atoms. The Kier molecular flexibility index (Phi) is 5.22. The highest BCUT2D eigenvalue weighted by Crippen LogP contribution is 2.09. The summed E-state index contributed by atoms with van der Waals surface area (Å²) in [7, 11) is 0. The van der Waals surface area contributed by atoms with E-state index in [9.17, 15) is 0 Å². The van der Waals surface area contributed by atoms with Crippen molar-refractivity contribution in [2.75, 3.05) is 0 Å². The molecule has 0 saturated carbocycles. The molecule has 0 bridgehead atoms. The number of hydrogen-bond acceptors (Lipinski definition) is 2. The lowest BCUT2D eigenvalue weighted by atomic mass is 10.1. The lowest BCUT2D eigenvalue weighted by Gasteiger charge is -2.14. The number of aryl methyl sites for hydroxylation is 1. The van der Waals surface area contributed by atoms with Crippen molar-refractivity contribution < 1.29 is 0 Å². The average molecular weight is 305 g/mol. The molecule has 1 aromatic heterocycles. The molecule has 1 atom stereocenters. The van der Waals surface area contributed by atoms with Crippen LogP contribution in [0, 0.1) is 0 Å². The van der Waals surface area contributed by atoms with Gasteiger partial charge in [0.25, 0.3) is 0 Å². The van der Waals surface area contributed by atoms with Gasteiger partial charge in [0.1, 0.15) is 0 Å². The van der Waals surface area contributed by atoms with E-state index in [1.807, 2.05) is 16.9 Å². The van der Waals surface area contributed by atoms with E-state index >= 15 is 0 Å². The van der Waals surface area contributed by atoms with Gasteiger partial charge in [0, 0.05) is 25.0 Å². The van der Waals surface area contributed by atoms with Crippen LogP contribution in [0.25, 0.3) is 5.69 Å². The van der Waals surface area contributed by atoms with Crippen molar-refractivity contribution in [1.29, 1.82) is 0 Å². The van der Waals surface area contributed by atoms with E-state index in [1.165, 1.54) is 11.1 Å². The van der Waals surface area contributed by atoms with Crippen LogP contribution in [0.5, 0.6) is 0 Å². The first-order chi connectivity index (χ1) is 11.3. The van der Waals surface area contributed by atoms with E-state index in [4.69, 9.17) is 0 Å². The monoisotopic (exact) mass is 305 g/mol. The van der Waals surface area contributed by atoms with E-state index in [2.05, 4.69) is 71.9 Å². The molecule has 1 unspecified atom stereocenters. The van der Waals surface area contributed by atoms with Crippen LogP contribution in [-0.4, -0.2) is 15.8 Å². The Morgan fingerprint density at radius 3 is 2.43 bits per heavy atom. The molecular weight excluding hydrogens is 282 g/mol. The SMILES string of the molecule is CC(CCc1ccccc1)NCc1ccc(-n2cccn2)cc1. The predicted octanol–water partition coefficient (Wildman–Crippen LogP) is 3.98. The number of nitrogens with zero attached hydrogens (tertiary/aromatic N) is 2. The molecule has 0 radical (unpaired) electrons. The average Bonchev–Trinajstić information content (AvgIpc) is 3.14. The Balaban J connectivity index is 1.46. The molecule has 3 aromatic rings. The van der Waals surface area contributed by atoms with Crippen molar-refractivity contribution in [1.82, 2.24) is 15.1 Å². The standard InChI is InChI=1S/C20H23N3/c1-17(8-9-18-6-3-2-4-7-18)21-16-19-10-12-20(13-11-19)23-15-5-14-22-23/h2-7,10-15,17,21H,8-9,16H2,1H3. The molecule has 0 aliphatic heterocycles. The Bertz CT molecular complexity index is 688. The van der Waals surface area contributed by atoms with Gasteiger partial charge in [-0.25, -0.2) is 4.68 Å². The number of benzene rings is 2. The number of nitrogens with one attached hydrogen (secondary N) is 1. The third kappa shape index (κ3) is 4.54. The van der Waals surface area contributed by atoms with Gasteiger partial charge < -0.3 is 5.32 Å². The highest BCUT2D eigenvalue weighted by molar-refractivity contribution is 5.33. The molecule has 1 N–H and O–H groups in total. The second-order valence-electron chi connectivity index (χ2n) is 5.92. The van der Waals surface area contributed by atoms with Gasteiger partial charge in [-0.3, -0.25) is 0 Å².